The zero-order chi connectivity index (χ0) is 17.5. The Morgan fingerprint density at radius 2 is 2.04 bits per heavy atom. The number of nitrogens with zero attached hydrogens (tertiary/aromatic N) is 1. The summed E-state index contributed by atoms with van der Waals surface area (Å²) in [6.07, 6.45) is 0. The summed E-state index contributed by atoms with van der Waals surface area (Å²) < 4.78 is 5.23. The normalized spacial score (nSPS) is 12.8. The summed E-state index contributed by atoms with van der Waals surface area (Å²) in [4.78, 5) is 13.5. The number of carbonyl (C=O) groups excluding carboxylic acids is 1. The van der Waals surface area contributed by atoms with Crippen LogP contribution in [-0.4, -0.2) is 26.1 Å². The van der Waals surface area contributed by atoms with E-state index in [4.69, 9.17) is 10.00 Å². The Hall–Kier alpha value is -2.84. The van der Waals surface area contributed by atoms with Crippen LogP contribution < -0.4 is 15.0 Å². The van der Waals surface area contributed by atoms with Crippen LogP contribution >= 0.6 is 0 Å². The molecule has 0 radical (unpaired) electrons. The van der Waals surface area contributed by atoms with Crippen molar-refractivity contribution in [1.29, 1.82) is 5.26 Å². The number of rotatable bonds is 6. The minimum absolute atomic E-state index is 0.113. The molecule has 5 nitrogen and oxygen atoms in total. The van der Waals surface area contributed by atoms with Crippen LogP contribution in [0, 0.1) is 11.3 Å². The second kappa shape index (κ2) is 8.14. The molecule has 24 heavy (non-hydrogen) atoms. The first kappa shape index (κ1) is 17.5. The molecule has 0 saturated carbocycles. The average molecular weight is 324 g/mol. The van der Waals surface area contributed by atoms with Crippen molar-refractivity contribution in [2.45, 2.75) is 19.5 Å². The number of anilines is 1. The molecule has 2 atom stereocenters. The van der Waals surface area contributed by atoms with Crippen LogP contribution in [0.4, 0.5) is 5.69 Å². The lowest BCUT2D eigenvalue weighted by Gasteiger charge is -2.21. The molecule has 1 amide bonds. The van der Waals surface area contributed by atoms with E-state index in [9.17, 15) is 4.79 Å². The van der Waals surface area contributed by atoms with Crippen molar-refractivity contribution in [3.05, 3.63) is 59.7 Å². The molecule has 2 aromatic rings. The number of hydrogen-bond donors (Lipinski definition) is 2. The van der Waals surface area contributed by atoms with E-state index in [1.165, 1.54) is 0 Å². The first-order valence-corrected chi connectivity index (χ1v) is 7.80. The topological polar surface area (TPSA) is 66.6 Å². The number of amides is 1. The van der Waals surface area contributed by atoms with E-state index in [0.717, 1.165) is 16.2 Å². The number of nitriles is 1. The third-order valence-corrected chi connectivity index (χ3v) is 4.05. The Morgan fingerprint density at radius 3 is 2.75 bits per heavy atom. The van der Waals surface area contributed by atoms with Gasteiger partial charge in [-0.2, -0.15) is 5.26 Å². The maximum Gasteiger partial charge on any atom is 0.282 e. The van der Waals surface area contributed by atoms with Crippen LogP contribution in [-0.2, 0) is 11.3 Å². The largest absolute Gasteiger partial charge is 0.497 e. The monoisotopic (exact) mass is 324 g/mol. The second-order valence-corrected chi connectivity index (χ2v) is 5.74. The van der Waals surface area contributed by atoms with E-state index >= 15 is 0 Å². The maximum atomic E-state index is 12.5. The van der Waals surface area contributed by atoms with Crippen molar-refractivity contribution >= 4 is 11.6 Å². The fraction of sp³-hybridized carbons (Fsp3) is 0.263. The Bertz CT molecular complexity index is 752. The van der Waals surface area contributed by atoms with Gasteiger partial charge in [-0.15, -0.1) is 0 Å². The van der Waals surface area contributed by atoms with Gasteiger partial charge in [-0.25, -0.2) is 0 Å². The maximum absolute atomic E-state index is 12.5. The van der Waals surface area contributed by atoms with Crippen molar-refractivity contribution in [2.24, 2.45) is 0 Å². The predicted molar refractivity (Wildman–Crippen MR) is 92.8 cm³/mol. The van der Waals surface area contributed by atoms with E-state index in [0.29, 0.717) is 17.8 Å². The number of para-hydroxylation sites is 1. The number of methoxy groups -OCH3 is 1. The van der Waals surface area contributed by atoms with E-state index < -0.39 is 0 Å². The molecule has 0 aromatic heterocycles. The molecule has 2 N–H and O–H groups in total. The molecule has 0 fully saturated rings. The van der Waals surface area contributed by atoms with Gasteiger partial charge in [-0.3, -0.25) is 4.79 Å². The van der Waals surface area contributed by atoms with E-state index in [1.54, 1.807) is 31.4 Å². The van der Waals surface area contributed by atoms with Gasteiger partial charge in [0.25, 0.3) is 5.91 Å². The van der Waals surface area contributed by atoms with Crippen molar-refractivity contribution in [1.82, 2.24) is 0 Å². The van der Waals surface area contributed by atoms with E-state index in [1.807, 2.05) is 38.2 Å². The fourth-order valence-corrected chi connectivity index (χ4v) is 2.41. The van der Waals surface area contributed by atoms with Gasteiger partial charge in [0.05, 0.1) is 25.4 Å². The number of carbonyl (C=O) groups is 1. The van der Waals surface area contributed by atoms with E-state index in [-0.39, 0.29) is 11.9 Å². The van der Waals surface area contributed by atoms with Gasteiger partial charge in [0.2, 0.25) is 0 Å². The zero-order valence-corrected chi connectivity index (χ0v) is 14.2. The smallest absolute Gasteiger partial charge is 0.282 e. The molecule has 0 aliphatic carbocycles. The molecule has 0 spiro atoms. The predicted octanol–water partition coefficient (Wildman–Crippen LogP) is 1.61. The van der Waals surface area contributed by atoms with Crippen LogP contribution in [0.5, 0.6) is 5.75 Å². The molecular formula is C19H22N3O2+. The quantitative estimate of drug-likeness (QED) is 0.848. The Labute approximate surface area is 142 Å². The molecule has 5 heteroatoms. The summed E-state index contributed by atoms with van der Waals surface area (Å²) in [6, 6.07) is 16.6. The van der Waals surface area contributed by atoms with Gasteiger partial charge >= 0.3 is 0 Å². The van der Waals surface area contributed by atoms with Gasteiger partial charge in [0, 0.05) is 5.56 Å². The Morgan fingerprint density at radius 1 is 1.29 bits per heavy atom. The minimum Gasteiger partial charge on any atom is -0.497 e. The summed E-state index contributed by atoms with van der Waals surface area (Å²) in [7, 11) is 3.61. The highest BCUT2D eigenvalue weighted by molar-refractivity contribution is 5.94. The molecular weight excluding hydrogens is 302 g/mol. The van der Waals surface area contributed by atoms with Gasteiger partial charge in [0.15, 0.2) is 6.04 Å². The van der Waals surface area contributed by atoms with Crippen molar-refractivity contribution in [3.63, 3.8) is 0 Å². The number of quaternary nitrogens is 1. The van der Waals surface area contributed by atoms with Gasteiger partial charge < -0.3 is 15.0 Å². The summed E-state index contributed by atoms with van der Waals surface area (Å²) in [5.41, 5.74) is 2.11. The standard InChI is InChI=1S/C19H21N3O2/c1-14(19(23)21-18-10-5-4-8-16(18)12-20)22(2)13-15-7-6-9-17(11-15)24-3/h4-11,14H,13H2,1-3H3,(H,21,23)/p+1/t14-/m0/s1. The van der Waals surface area contributed by atoms with Gasteiger partial charge in [-0.1, -0.05) is 24.3 Å². The lowest BCUT2D eigenvalue weighted by Crippen LogP contribution is -3.12. The minimum atomic E-state index is -0.261. The van der Waals surface area contributed by atoms with Crippen molar-refractivity contribution in [3.8, 4) is 11.8 Å². The summed E-state index contributed by atoms with van der Waals surface area (Å²) >= 11 is 0. The third kappa shape index (κ3) is 4.34. The van der Waals surface area contributed by atoms with Gasteiger partial charge in [0.1, 0.15) is 18.4 Å². The molecule has 0 bridgehead atoms. The van der Waals surface area contributed by atoms with Crippen molar-refractivity contribution in [2.75, 3.05) is 19.5 Å². The number of hydrogen-bond acceptors (Lipinski definition) is 3. The third-order valence-electron chi connectivity index (χ3n) is 4.05. The lowest BCUT2D eigenvalue weighted by molar-refractivity contribution is -0.907. The first-order valence-electron chi connectivity index (χ1n) is 7.80. The molecule has 0 heterocycles. The van der Waals surface area contributed by atoms with Crippen LogP contribution in [0.2, 0.25) is 0 Å². The first-order chi connectivity index (χ1) is 11.5. The molecule has 0 aliphatic heterocycles. The average Bonchev–Trinajstić information content (AvgIpc) is 2.61. The number of ether oxygens (including phenoxy) is 1. The number of nitrogens with one attached hydrogen (secondary N) is 2. The zero-order valence-electron chi connectivity index (χ0n) is 14.2. The van der Waals surface area contributed by atoms with Gasteiger partial charge in [-0.05, 0) is 31.2 Å². The fourth-order valence-electron chi connectivity index (χ4n) is 2.41. The molecule has 0 aliphatic rings. The Kier molecular flexibility index (Phi) is 5.94. The van der Waals surface area contributed by atoms with Crippen LogP contribution in [0.15, 0.2) is 48.5 Å². The highest BCUT2D eigenvalue weighted by Crippen LogP contribution is 2.14. The lowest BCUT2D eigenvalue weighted by atomic mass is 10.1. The highest BCUT2D eigenvalue weighted by atomic mass is 16.5. The molecule has 0 saturated heterocycles. The number of likely N-dealkylation sites (N-methyl/N-ethyl adjacent to an activating group) is 1. The van der Waals surface area contributed by atoms with Crippen LogP contribution in [0.1, 0.15) is 18.1 Å². The van der Waals surface area contributed by atoms with Crippen LogP contribution in [0.3, 0.4) is 0 Å². The molecule has 124 valence electrons. The van der Waals surface area contributed by atoms with Crippen LogP contribution in [0.25, 0.3) is 0 Å². The summed E-state index contributed by atoms with van der Waals surface area (Å²) in [5.74, 6) is 0.693. The molecule has 1 unspecified atom stereocenters. The SMILES string of the molecule is COc1cccc(C[NH+](C)[C@@H](C)C(=O)Nc2ccccc2C#N)c1. The Balaban J connectivity index is 2.03. The number of benzene rings is 2. The summed E-state index contributed by atoms with van der Waals surface area (Å²) in [6.45, 7) is 2.57. The molecule has 2 rings (SSSR count). The summed E-state index contributed by atoms with van der Waals surface area (Å²) in [5, 5.41) is 11.9. The van der Waals surface area contributed by atoms with E-state index in [2.05, 4.69) is 11.4 Å². The van der Waals surface area contributed by atoms with Crippen molar-refractivity contribution < 1.29 is 14.4 Å². The highest BCUT2D eigenvalue weighted by Gasteiger charge is 2.22. The molecule has 2 aromatic carbocycles. The second-order valence-electron chi connectivity index (χ2n) is 5.74.